The van der Waals surface area contributed by atoms with Gasteiger partial charge in [-0.25, -0.2) is 0 Å². The van der Waals surface area contributed by atoms with E-state index in [0.29, 0.717) is 0 Å². The second-order valence-electron chi connectivity index (χ2n) is 9.75. The van der Waals surface area contributed by atoms with Gasteiger partial charge in [-0.05, 0) is 82.9 Å². The van der Waals surface area contributed by atoms with Gasteiger partial charge in [0.2, 0.25) is 0 Å². The Balaban J connectivity index is 1.11. The average molecular weight is 518 g/mol. The molecule has 40 heavy (non-hydrogen) atoms. The molecule has 0 aliphatic rings. The van der Waals surface area contributed by atoms with Crippen LogP contribution in [-0.4, -0.2) is 0 Å². The molecule has 0 bridgehead atoms. The lowest BCUT2D eigenvalue weighted by molar-refractivity contribution is 0.939. The molecule has 6 aromatic carbocycles. The molecule has 0 fully saturated rings. The van der Waals surface area contributed by atoms with E-state index in [9.17, 15) is 0 Å². The molecule has 0 radical (unpaired) electrons. The van der Waals surface area contributed by atoms with E-state index < -0.39 is 0 Å². The highest BCUT2D eigenvalue weighted by molar-refractivity contribution is 5.71. The minimum atomic E-state index is 0.0850. The molecule has 6 aromatic rings. The molecule has 3 nitrogen and oxygen atoms in total. The van der Waals surface area contributed by atoms with Crippen molar-refractivity contribution < 1.29 is 0 Å². The third kappa shape index (κ3) is 6.23. The van der Waals surface area contributed by atoms with Crippen LogP contribution in [0.3, 0.4) is 0 Å². The molecule has 0 atom stereocenters. The maximum absolute atomic E-state index is 3.73. The van der Waals surface area contributed by atoms with E-state index in [0.717, 1.165) is 28.4 Å². The molecule has 0 spiro atoms. The molecular weight excluding hydrogens is 486 g/mol. The van der Waals surface area contributed by atoms with Crippen molar-refractivity contribution in [3.63, 3.8) is 0 Å². The lowest BCUT2D eigenvalue weighted by Gasteiger charge is -2.21. The van der Waals surface area contributed by atoms with Crippen LogP contribution in [0.4, 0.5) is 28.4 Å². The average Bonchev–Trinajstić information content (AvgIpc) is 3.03. The Morgan fingerprint density at radius 3 is 1.05 bits per heavy atom. The number of benzene rings is 6. The first-order valence-corrected chi connectivity index (χ1v) is 13.6. The Labute approximate surface area is 236 Å². The molecule has 0 saturated carbocycles. The number of nitrogens with one attached hydrogen (secondary N) is 3. The summed E-state index contributed by atoms with van der Waals surface area (Å²) in [5.74, 6) is 0. The summed E-state index contributed by atoms with van der Waals surface area (Å²) in [6, 6.07) is 57.0. The molecule has 0 unspecified atom stereocenters. The summed E-state index contributed by atoms with van der Waals surface area (Å²) in [6.07, 6.45) is 0. The van der Waals surface area contributed by atoms with Crippen molar-refractivity contribution in [2.45, 2.75) is 6.04 Å². The second-order valence-corrected chi connectivity index (χ2v) is 9.75. The summed E-state index contributed by atoms with van der Waals surface area (Å²) in [5.41, 5.74) is 10.2. The number of hydrogen-bond acceptors (Lipinski definition) is 3. The number of hydrogen-bond donors (Lipinski definition) is 3. The summed E-state index contributed by atoms with van der Waals surface area (Å²) < 4.78 is 0. The van der Waals surface area contributed by atoms with Crippen LogP contribution in [0.2, 0.25) is 0 Å². The van der Waals surface area contributed by atoms with E-state index in [4.69, 9.17) is 0 Å². The summed E-state index contributed by atoms with van der Waals surface area (Å²) in [6.45, 7) is 0. The Hall–Kier alpha value is -5.28. The highest BCUT2D eigenvalue weighted by Crippen LogP contribution is 2.29. The van der Waals surface area contributed by atoms with Gasteiger partial charge in [0.1, 0.15) is 0 Å². The van der Waals surface area contributed by atoms with Gasteiger partial charge >= 0.3 is 0 Å². The van der Waals surface area contributed by atoms with Crippen molar-refractivity contribution in [1.82, 2.24) is 0 Å². The Morgan fingerprint density at radius 1 is 0.300 bits per heavy atom. The van der Waals surface area contributed by atoms with Gasteiger partial charge in [0, 0.05) is 28.4 Å². The highest BCUT2D eigenvalue weighted by Gasteiger charge is 2.13. The van der Waals surface area contributed by atoms with Crippen LogP contribution in [0.5, 0.6) is 0 Å². The lowest BCUT2D eigenvalue weighted by Crippen LogP contribution is -2.12. The SMILES string of the molecule is c1ccc(Nc2ccc(Nc3ccc(-c4ccc(NC(c5ccccc5)c5ccccc5)cc4)cc3)cc2)cc1. The fourth-order valence-corrected chi connectivity index (χ4v) is 4.81. The molecule has 0 amide bonds. The van der Waals surface area contributed by atoms with Crippen LogP contribution in [0.1, 0.15) is 17.2 Å². The fraction of sp³-hybridized carbons (Fsp3) is 0.0270. The molecule has 0 aliphatic carbocycles. The Bertz CT molecular complexity index is 1570. The quantitative estimate of drug-likeness (QED) is 0.179. The number of rotatable bonds is 9. The summed E-state index contributed by atoms with van der Waals surface area (Å²) in [4.78, 5) is 0. The summed E-state index contributed by atoms with van der Waals surface area (Å²) >= 11 is 0. The fourth-order valence-electron chi connectivity index (χ4n) is 4.81. The molecular formula is C37H31N3. The zero-order chi connectivity index (χ0) is 27.0. The van der Waals surface area contributed by atoms with Crippen molar-refractivity contribution in [2.24, 2.45) is 0 Å². The van der Waals surface area contributed by atoms with E-state index in [-0.39, 0.29) is 6.04 Å². The van der Waals surface area contributed by atoms with Crippen LogP contribution in [-0.2, 0) is 0 Å². The van der Waals surface area contributed by atoms with E-state index in [1.807, 2.05) is 18.2 Å². The van der Waals surface area contributed by atoms with Crippen LogP contribution >= 0.6 is 0 Å². The minimum absolute atomic E-state index is 0.0850. The van der Waals surface area contributed by atoms with Gasteiger partial charge < -0.3 is 16.0 Å². The van der Waals surface area contributed by atoms with Crippen molar-refractivity contribution in [2.75, 3.05) is 16.0 Å². The maximum atomic E-state index is 3.73. The van der Waals surface area contributed by atoms with Crippen molar-refractivity contribution in [3.8, 4) is 11.1 Å². The first-order chi connectivity index (χ1) is 19.8. The number of para-hydroxylation sites is 1. The maximum Gasteiger partial charge on any atom is 0.0767 e. The first kappa shape index (κ1) is 25.0. The molecule has 3 N–H and O–H groups in total. The number of anilines is 5. The molecule has 3 heteroatoms. The smallest absolute Gasteiger partial charge is 0.0767 e. The lowest BCUT2D eigenvalue weighted by atomic mass is 9.98. The monoisotopic (exact) mass is 517 g/mol. The van der Waals surface area contributed by atoms with Crippen molar-refractivity contribution in [3.05, 3.63) is 175 Å². The van der Waals surface area contributed by atoms with Gasteiger partial charge in [-0.2, -0.15) is 0 Å². The third-order valence-electron chi connectivity index (χ3n) is 6.92. The highest BCUT2D eigenvalue weighted by atomic mass is 14.9. The molecule has 0 aromatic heterocycles. The largest absolute Gasteiger partial charge is 0.374 e. The van der Waals surface area contributed by atoms with Crippen molar-refractivity contribution in [1.29, 1.82) is 0 Å². The zero-order valence-electron chi connectivity index (χ0n) is 22.2. The second kappa shape index (κ2) is 12.1. The van der Waals surface area contributed by atoms with Gasteiger partial charge in [0.05, 0.1) is 6.04 Å². The van der Waals surface area contributed by atoms with Crippen LogP contribution in [0.15, 0.2) is 164 Å². The van der Waals surface area contributed by atoms with Gasteiger partial charge in [0.25, 0.3) is 0 Å². The standard InChI is InChI=1S/C37H31N3/c1-4-10-30(11-5-1)37(31-12-6-2-7-13-31)40-36-22-18-29(19-23-36)28-16-20-33(21-17-28)39-35-26-24-34(25-27-35)38-32-14-8-3-9-15-32/h1-27,37-40H. The summed E-state index contributed by atoms with van der Waals surface area (Å²) in [7, 11) is 0. The van der Waals surface area contributed by atoms with Gasteiger partial charge in [-0.15, -0.1) is 0 Å². The van der Waals surface area contributed by atoms with Gasteiger partial charge in [-0.3, -0.25) is 0 Å². The minimum Gasteiger partial charge on any atom is -0.374 e. The molecule has 194 valence electrons. The van der Waals surface area contributed by atoms with Gasteiger partial charge in [-0.1, -0.05) is 103 Å². The normalized spacial score (nSPS) is 10.7. The van der Waals surface area contributed by atoms with E-state index >= 15 is 0 Å². The van der Waals surface area contributed by atoms with E-state index in [1.165, 1.54) is 22.3 Å². The van der Waals surface area contributed by atoms with E-state index in [2.05, 4.69) is 162 Å². The van der Waals surface area contributed by atoms with E-state index in [1.54, 1.807) is 0 Å². The van der Waals surface area contributed by atoms with Crippen LogP contribution < -0.4 is 16.0 Å². The molecule has 0 heterocycles. The van der Waals surface area contributed by atoms with Gasteiger partial charge in [0.15, 0.2) is 0 Å². The third-order valence-corrected chi connectivity index (χ3v) is 6.92. The molecule has 6 rings (SSSR count). The predicted molar refractivity (Wildman–Crippen MR) is 170 cm³/mol. The van der Waals surface area contributed by atoms with Crippen LogP contribution in [0.25, 0.3) is 11.1 Å². The Morgan fingerprint density at radius 2 is 0.625 bits per heavy atom. The van der Waals surface area contributed by atoms with Crippen LogP contribution in [0, 0.1) is 0 Å². The zero-order valence-corrected chi connectivity index (χ0v) is 22.2. The molecule has 0 saturated heterocycles. The predicted octanol–water partition coefficient (Wildman–Crippen LogP) is 10.0. The molecule has 0 aliphatic heterocycles. The summed E-state index contributed by atoms with van der Waals surface area (Å²) in [5, 5.41) is 10.6. The Kier molecular flexibility index (Phi) is 7.54. The topological polar surface area (TPSA) is 36.1 Å². The van der Waals surface area contributed by atoms with Crippen molar-refractivity contribution >= 4 is 28.4 Å². The first-order valence-electron chi connectivity index (χ1n) is 13.6.